The zero-order chi connectivity index (χ0) is 21.3. The summed E-state index contributed by atoms with van der Waals surface area (Å²) in [6.45, 7) is 2.82. The van der Waals surface area contributed by atoms with Crippen molar-refractivity contribution in [1.82, 2.24) is 29.7 Å². The van der Waals surface area contributed by atoms with Crippen molar-refractivity contribution < 1.29 is 13.6 Å². The molecule has 2 atom stereocenters. The van der Waals surface area contributed by atoms with E-state index in [2.05, 4.69) is 30.4 Å². The van der Waals surface area contributed by atoms with E-state index >= 15 is 0 Å². The first-order valence-electron chi connectivity index (χ1n) is 9.12. The summed E-state index contributed by atoms with van der Waals surface area (Å²) >= 11 is 1.03. The number of nitrogens with one attached hydrogen (secondary N) is 1. The van der Waals surface area contributed by atoms with Crippen LogP contribution in [-0.4, -0.2) is 53.4 Å². The molecule has 1 aliphatic rings. The topological polar surface area (TPSA) is 102 Å². The molecule has 0 spiro atoms. The molecule has 1 saturated heterocycles. The number of aromatic nitrogens is 6. The second kappa shape index (κ2) is 8.30. The van der Waals surface area contributed by atoms with E-state index in [0.717, 1.165) is 11.8 Å². The Morgan fingerprint density at radius 2 is 2.17 bits per heavy atom. The van der Waals surface area contributed by atoms with Gasteiger partial charge in [0.15, 0.2) is 5.82 Å². The highest BCUT2D eigenvalue weighted by atomic mass is 32.2. The first-order valence-corrected chi connectivity index (χ1v) is 10.1. The monoisotopic (exact) mass is 432 g/mol. The van der Waals surface area contributed by atoms with Crippen LogP contribution >= 0.6 is 11.8 Å². The third kappa shape index (κ3) is 3.95. The lowest BCUT2D eigenvalue weighted by atomic mass is 10.2. The second-order valence-electron chi connectivity index (χ2n) is 6.71. The van der Waals surface area contributed by atoms with Crippen LogP contribution in [0.15, 0.2) is 30.9 Å². The third-order valence-corrected chi connectivity index (χ3v) is 5.56. The van der Waals surface area contributed by atoms with Crippen molar-refractivity contribution in [3.8, 4) is 5.69 Å². The fourth-order valence-electron chi connectivity index (χ4n) is 2.92. The van der Waals surface area contributed by atoms with Gasteiger partial charge in [-0.1, -0.05) is 11.8 Å². The molecule has 1 aliphatic heterocycles. The number of carbonyl (C=O) groups is 1. The minimum atomic E-state index is -0.673. The fourth-order valence-corrected chi connectivity index (χ4v) is 3.86. The molecule has 2 aromatic heterocycles. The van der Waals surface area contributed by atoms with Gasteiger partial charge in [-0.05, 0) is 37.6 Å². The first kappa shape index (κ1) is 20.1. The number of alkyl halides is 1. The minimum Gasteiger partial charge on any atom is -0.344 e. The van der Waals surface area contributed by atoms with E-state index in [1.807, 2.05) is 6.92 Å². The van der Waals surface area contributed by atoms with Crippen molar-refractivity contribution in [1.29, 1.82) is 0 Å². The molecular formula is C18H18F2N8OS. The Bertz CT molecular complexity index is 1080. The number of halogens is 2. The summed E-state index contributed by atoms with van der Waals surface area (Å²) in [7, 11) is 0. The Labute approximate surface area is 175 Å². The predicted octanol–water partition coefficient (Wildman–Crippen LogP) is 3.08. The molecule has 30 heavy (non-hydrogen) atoms. The molecule has 1 N–H and O–H groups in total. The van der Waals surface area contributed by atoms with Crippen LogP contribution in [0, 0.1) is 12.7 Å². The van der Waals surface area contributed by atoms with Crippen LogP contribution in [0.1, 0.15) is 24.4 Å². The molecule has 1 amide bonds. The third-order valence-electron chi connectivity index (χ3n) is 4.56. The van der Waals surface area contributed by atoms with Gasteiger partial charge in [0, 0.05) is 5.75 Å². The number of hydrogen-bond donors (Lipinski definition) is 1. The Kier molecular flexibility index (Phi) is 5.57. The number of hydrogen-bond acceptors (Lipinski definition) is 8. The molecular weight excluding hydrogens is 414 g/mol. The normalized spacial score (nSPS) is 17.4. The van der Waals surface area contributed by atoms with Gasteiger partial charge in [0.05, 0.1) is 17.8 Å². The Hall–Kier alpha value is -3.15. The number of carbonyl (C=O) groups excluding carboxylic acids is 1. The van der Waals surface area contributed by atoms with E-state index < -0.39 is 12.7 Å². The summed E-state index contributed by atoms with van der Waals surface area (Å²) in [6, 6.07) is 3.71. The minimum absolute atomic E-state index is 0.0950. The molecule has 9 nitrogen and oxygen atoms in total. The summed E-state index contributed by atoms with van der Waals surface area (Å²) in [4.78, 5) is 29.9. The van der Waals surface area contributed by atoms with Gasteiger partial charge < -0.3 is 5.32 Å². The summed E-state index contributed by atoms with van der Waals surface area (Å²) in [6.07, 6.45) is 2.79. The van der Waals surface area contributed by atoms with Gasteiger partial charge in [0.1, 0.15) is 25.1 Å². The number of aryl methyl sites for hydroxylation is 1. The van der Waals surface area contributed by atoms with Crippen molar-refractivity contribution in [2.75, 3.05) is 22.6 Å². The quantitative estimate of drug-likeness (QED) is 0.634. The molecule has 12 heteroatoms. The van der Waals surface area contributed by atoms with Gasteiger partial charge in [-0.2, -0.15) is 4.98 Å². The number of anilines is 2. The van der Waals surface area contributed by atoms with Gasteiger partial charge in [-0.25, -0.2) is 28.4 Å². The number of thioether (sulfide) groups is 1. The summed E-state index contributed by atoms with van der Waals surface area (Å²) in [5.74, 6) is 0.837. The number of nitrogens with zero attached hydrogens (tertiary/aromatic N) is 7. The molecule has 4 rings (SSSR count). The van der Waals surface area contributed by atoms with Crippen molar-refractivity contribution in [3.63, 3.8) is 0 Å². The van der Waals surface area contributed by atoms with Gasteiger partial charge in [0.25, 0.3) is 5.24 Å². The molecule has 0 aliphatic carbocycles. The predicted molar refractivity (Wildman–Crippen MR) is 108 cm³/mol. The Morgan fingerprint density at radius 3 is 2.93 bits per heavy atom. The zero-order valence-electron chi connectivity index (χ0n) is 16.2. The van der Waals surface area contributed by atoms with Crippen molar-refractivity contribution in [2.24, 2.45) is 0 Å². The van der Waals surface area contributed by atoms with Crippen LogP contribution in [0.2, 0.25) is 0 Å². The highest BCUT2D eigenvalue weighted by molar-refractivity contribution is 8.14. The van der Waals surface area contributed by atoms with Gasteiger partial charge >= 0.3 is 0 Å². The average molecular weight is 432 g/mol. The average Bonchev–Trinajstić information content (AvgIpc) is 3.37. The largest absolute Gasteiger partial charge is 0.344 e. The lowest BCUT2D eigenvalue weighted by Crippen LogP contribution is -2.36. The lowest BCUT2D eigenvalue weighted by molar-refractivity contribution is 0.263. The maximum Gasteiger partial charge on any atom is 0.288 e. The van der Waals surface area contributed by atoms with Crippen LogP contribution in [0.25, 0.3) is 5.69 Å². The van der Waals surface area contributed by atoms with Crippen molar-refractivity contribution in [3.05, 3.63) is 48.1 Å². The SMILES string of the molecule is Cc1cc(-n2cnc([C@H](C)Nc3ncnc(N4C(=O)SC[C@@H]4CF)n3)n2)ccc1F. The molecule has 0 radical (unpaired) electrons. The second-order valence-corrected chi connectivity index (χ2v) is 7.68. The van der Waals surface area contributed by atoms with Gasteiger partial charge in [-0.15, -0.1) is 5.10 Å². The van der Waals surface area contributed by atoms with Gasteiger partial charge in [0.2, 0.25) is 11.9 Å². The number of amides is 1. The van der Waals surface area contributed by atoms with Crippen molar-refractivity contribution >= 4 is 28.9 Å². The lowest BCUT2D eigenvalue weighted by Gasteiger charge is -2.19. The maximum absolute atomic E-state index is 13.5. The standard InChI is InChI=1S/C18H18F2N8OS/c1-10-5-12(3-4-14(10)20)27-9-23-15(26-27)11(2)24-16-21-8-22-17(25-16)28-13(6-19)7-30-18(28)29/h3-5,8-9,11,13H,6-7H2,1-2H3,(H,21,22,24,25)/t11-,13-/m0/s1. The summed E-state index contributed by atoms with van der Waals surface area (Å²) in [5.41, 5.74) is 1.19. The number of benzene rings is 1. The summed E-state index contributed by atoms with van der Waals surface area (Å²) < 4.78 is 28.2. The van der Waals surface area contributed by atoms with Crippen LogP contribution < -0.4 is 10.2 Å². The molecule has 0 saturated carbocycles. The Morgan fingerprint density at radius 1 is 1.33 bits per heavy atom. The molecule has 3 aromatic rings. The first-order chi connectivity index (χ1) is 14.5. The number of rotatable bonds is 6. The van der Waals surface area contributed by atoms with E-state index in [9.17, 15) is 13.6 Å². The molecule has 0 unspecified atom stereocenters. The van der Waals surface area contributed by atoms with Crippen molar-refractivity contribution in [2.45, 2.75) is 25.9 Å². The molecule has 156 valence electrons. The maximum atomic E-state index is 13.5. The van der Waals surface area contributed by atoms with E-state index in [0.29, 0.717) is 22.8 Å². The molecule has 1 aromatic carbocycles. The Balaban J connectivity index is 1.51. The van der Waals surface area contributed by atoms with Crippen LogP contribution in [0.4, 0.5) is 25.5 Å². The smallest absolute Gasteiger partial charge is 0.288 e. The fraction of sp³-hybridized carbons (Fsp3) is 0.333. The van der Waals surface area contributed by atoms with Crippen LogP contribution in [0.3, 0.4) is 0 Å². The molecule has 0 bridgehead atoms. The van der Waals surface area contributed by atoms with Crippen LogP contribution in [-0.2, 0) is 0 Å². The van der Waals surface area contributed by atoms with E-state index in [1.54, 1.807) is 23.7 Å². The molecule has 3 heterocycles. The summed E-state index contributed by atoms with van der Waals surface area (Å²) in [5, 5.41) is 7.18. The van der Waals surface area contributed by atoms with E-state index in [4.69, 9.17) is 0 Å². The van der Waals surface area contributed by atoms with Crippen LogP contribution in [0.5, 0.6) is 0 Å². The van der Waals surface area contributed by atoms with E-state index in [1.165, 1.54) is 23.6 Å². The zero-order valence-corrected chi connectivity index (χ0v) is 17.0. The van der Waals surface area contributed by atoms with Gasteiger partial charge in [-0.3, -0.25) is 9.69 Å². The molecule has 1 fully saturated rings. The van der Waals surface area contributed by atoms with E-state index in [-0.39, 0.29) is 29.0 Å². The highest BCUT2D eigenvalue weighted by Gasteiger charge is 2.35. The highest BCUT2D eigenvalue weighted by Crippen LogP contribution is 2.28.